The molecule has 0 radical (unpaired) electrons. The number of rotatable bonds is 6. The van der Waals surface area contributed by atoms with Crippen LogP contribution in [-0.4, -0.2) is 51.4 Å². The number of hydrogen-bond acceptors (Lipinski definition) is 6. The second kappa shape index (κ2) is 8.69. The summed E-state index contributed by atoms with van der Waals surface area (Å²) in [6.45, 7) is 5.41. The number of nitrogens with one attached hydrogen (secondary N) is 1. The van der Waals surface area contributed by atoms with Gasteiger partial charge in [0.05, 0.1) is 4.90 Å². The summed E-state index contributed by atoms with van der Waals surface area (Å²) in [5, 5.41) is 0.561. The molecule has 1 aliphatic rings. The highest BCUT2D eigenvalue weighted by atomic mass is 32.2. The molecule has 30 heavy (non-hydrogen) atoms. The van der Waals surface area contributed by atoms with Crippen molar-refractivity contribution in [1.82, 2.24) is 14.5 Å². The van der Waals surface area contributed by atoms with Gasteiger partial charge in [0, 0.05) is 50.7 Å². The largest absolute Gasteiger partial charge is 0.423 e. The van der Waals surface area contributed by atoms with Gasteiger partial charge < -0.3 is 9.32 Å². The topological polar surface area (TPSA) is 82.9 Å². The molecule has 1 N–H and O–H groups in total. The molecule has 2 aromatic carbocycles. The lowest BCUT2D eigenvalue weighted by atomic mass is 10.1. The number of sulfonamides is 1. The van der Waals surface area contributed by atoms with Crippen molar-refractivity contribution < 1.29 is 12.8 Å². The predicted octanol–water partition coefficient (Wildman–Crippen LogP) is 2.02. The van der Waals surface area contributed by atoms with Crippen molar-refractivity contribution in [2.75, 3.05) is 33.2 Å². The van der Waals surface area contributed by atoms with Gasteiger partial charge in [-0.3, -0.25) is 4.90 Å². The van der Waals surface area contributed by atoms with Crippen molar-refractivity contribution in [3.63, 3.8) is 0 Å². The van der Waals surface area contributed by atoms with Crippen molar-refractivity contribution in [1.29, 1.82) is 0 Å². The summed E-state index contributed by atoms with van der Waals surface area (Å²) in [4.78, 5) is 16.2. The number of fused-ring (bicyclic) bond motifs is 1. The van der Waals surface area contributed by atoms with Gasteiger partial charge in [-0.2, -0.15) is 0 Å². The van der Waals surface area contributed by atoms with E-state index in [1.807, 2.05) is 12.1 Å². The summed E-state index contributed by atoms with van der Waals surface area (Å²) in [7, 11) is -1.54. The van der Waals surface area contributed by atoms with Crippen LogP contribution in [0.4, 0.5) is 0 Å². The van der Waals surface area contributed by atoms with E-state index in [1.54, 1.807) is 6.07 Å². The average molecular weight is 428 g/mol. The molecule has 0 saturated carbocycles. The predicted molar refractivity (Wildman–Crippen MR) is 116 cm³/mol. The van der Waals surface area contributed by atoms with Crippen LogP contribution in [0.3, 0.4) is 0 Å². The third-order valence-electron chi connectivity index (χ3n) is 5.39. The summed E-state index contributed by atoms with van der Waals surface area (Å²) in [6, 6.07) is 15.3. The second-order valence-corrected chi connectivity index (χ2v) is 9.44. The molecule has 1 saturated heterocycles. The minimum Gasteiger partial charge on any atom is -0.423 e. The maximum absolute atomic E-state index is 12.7. The van der Waals surface area contributed by atoms with Gasteiger partial charge in [-0.25, -0.2) is 17.9 Å². The molecule has 1 aromatic heterocycles. The van der Waals surface area contributed by atoms with Crippen molar-refractivity contribution in [2.45, 2.75) is 18.0 Å². The summed E-state index contributed by atoms with van der Waals surface area (Å²) in [6.07, 6.45) is 0. The Balaban J connectivity index is 1.38. The van der Waals surface area contributed by atoms with Gasteiger partial charge in [-0.05, 0) is 42.4 Å². The van der Waals surface area contributed by atoms with Crippen molar-refractivity contribution in [3.8, 4) is 0 Å². The van der Waals surface area contributed by atoms with E-state index in [0.29, 0.717) is 11.0 Å². The summed E-state index contributed by atoms with van der Waals surface area (Å²) in [5.41, 5.74) is 2.01. The smallest absolute Gasteiger partial charge is 0.336 e. The Labute approximate surface area is 176 Å². The molecule has 0 spiro atoms. The van der Waals surface area contributed by atoms with E-state index < -0.39 is 15.6 Å². The first-order valence-corrected chi connectivity index (χ1v) is 11.4. The Kier molecular flexibility index (Phi) is 6.01. The zero-order valence-corrected chi connectivity index (χ0v) is 17.7. The molecule has 158 valence electrons. The number of hydrogen-bond donors (Lipinski definition) is 1. The van der Waals surface area contributed by atoms with E-state index >= 15 is 0 Å². The molecule has 0 bridgehead atoms. The van der Waals surface area contributed by atoms with Crippen LogP contribution in [0, 0.1) is 0 Å². The summed E-state index contributed by atoms with van der Waals surface area (Å²) < 4.78 is 33.0. The Morgan fingerprint density at radius 1 is 0.933 bits per heavy atom. The Morgan fingerprint density at radius 2 is 1.63 bits per heavy atom. The van der Waals surface area contributed by atoms with Crippen LogP contribution in [0.15, 0.2) is 68.7 Å². The fourth-order valence-corrected chi connectivity index (χ4v) is 4.56. The highest BCUT2D eigenvalue weighted by Gasteiger charge is 2.16. The van der Waals surface area contributed by atoms with E-state index in [4.69, 9.17) is 4.42 Å². The fourth-order valence-electron chi connectivity index (χ4n) is 3.51. The molecule has 1 fully saturated rings. The van der Waals surface area contributed by atoms with E-state index in [-0.39, 0.29) is 11.4 Å². The maximum atomic E-state index is 12.7. The quantitative estimate of drug-likeness (QED) is 0.606. The van der Waals surface area contributed by atoms with Crippen LogP contribution < -0.4 is 10.3 Å². The Morgan fingerprint density at radius 3 is 2.37 bits per heavy atom. The summed E-state index contributed by atoms with van der Waals surface area (Å²) in [5.74, 6) is 0. The van der Waals surface area contributed by atoms with Crippen LogP contribution in [0.2, 0.25) is 0 Å². The lowest BCUT2D eigenvalue weighted by molar-refractivity contribution is 0.148. The molecule has 0 aliphatic carbocycles. The molecular formula is C22H25N3O4S. The first-order valence-electron chi connectivity index (χ1n) is 9.91. The lowest BCUT2D eigenvalue weighted by Crippen LogP contribution is -2.43. The monoisotopic (exact) mass is 427 g/mol. The first-order chi connectivity index (χ1) is 14.4. The number of piperazine rings is 1. The van der Waals surface area contributed by atoms with Crippen molar-refractivity contribution in [2.24, 2.45) is 0 Å². The molecule has 1 aliphatic heterocycles. The molecule has 8 heteroatoms. The lowest BCUT2D eigenvalue weighted by Gasteiger charge is -2.32. The van der Waals surface area contributed by atoms with Gasteiger partial charge >= 0.3 is 5.63 Å². The summed E-state index contributed by atoms with van der Waals surface area (Å²) >= 11 is 0. The number of likely N-dealkylation sites (N-methyl/N-ethyl adjacent to an activating group) is 1. The molecular weight excluding hydrogens is 402 g/mol. The first kappa shape index (κ1) is 20.7. The normalized spacial score (nSPS) is 16.2. The van der Waals surface area contributed by atoms with Crippen LogP contribution in [-0.2, 0) is 23.1 Å². The van der Waals surface area contributed by atoms with Gasteiger partial charge in [-0.15, -0.1) is 0 Å². The van der Waals surface area contributed by atoms with Crippen LogP contribution in [0.5, 0.6) is 0 Å². The van der Waals surface area contributed by atoms with Gasteiger partial charge in [-0.1, -0.05) is 24.3 Å². The zero-order chi connectivity index (χ0) is 21.1. The minimum atomic E-state index is -3.68. The number of benzene rings is 2. The van der Waals surface area contributed by atoms with Crippen LogP contribution in [0.1, 0.15) is 11.1 Å². The van der Waals surface area contributed by atoms with Crippen LogP contribution >= 0.6 is 0 Å². The highest BCUT2D eigenvalue weighted by molar-refractivity contribution is 7.89. The van der Waals surface area contributed by atoms with E-state index in [1.165, 1.54) is 29.8 Å². The molecule has 0 amide bonds. The molecule has 0 unspecified atom stereocenters. The molecule has 7 nitrogen and oxygen atoms in total. The minimum absolute atomic E-state index is 0.135. The SMILES string of the molecule is CN1CCN(Cc2ccc(CNS(=O)(=O)c3ccc4oc(=O)ccc4c3)cc2)CC1. The highest BCUT2D eigenvalue weighted by Crippen LogP contribution is 2.18. The second-order valence-electron chi connectivity index (χ2n) is 7.67. The molecule has 3 aromatic rings. The van der Waals surface area contributed by atoms with Crippen molar-refractivity contribution in [3.05, 3.63) is 76.1 Å². The van der Waals surface area contributed by atoms with Crippen molar-refractivity contribution >= 4 is 21.0 Å². The van der Waals surface area contributed by atoms with E-state index in [2.05, 4.69) is 33.7 Å². The van der Waals surface area contributed by atoms with E-state index in [0.717, 1.165) is 38.3 Å². The van der Waals surface area contributed by atoms with Gasteiger partial charge in [0.2, 0.25) is 10.0 Å². The van der Waals surface area contributed by atoms with Gasteiger partial charge in [0.15, 0.2) is 0 Å². The third-order valence-corrected chi connectivity index (χ3v) is 6.79. The Bertz CT molecular complexity index is 1180. The Hall–Kier alpha value is -2.52. The molecule has 4 rings (SSSR count). The van der Waals surface area contributed by atoms with Gasteiger partial charge in [0.25, 0.3) is 0 Å². The average Bonchev–Trinajstić information content (AvgIpc) is 2.74. The standard InChI is InChI=1S/C22H25N3O4S/c1-24-10-12-25(13-11-24)16-18-4-2-17(3-5-18)15-23-30(27,28)20-7-8-21-19(14-20)6-9-22(26)29-21/h2-9,14,23H,10-13,15-16H2,1H3. The number of nitrogens with zero attached hydrogens (tertiary/aromatic N) is 2. The molecule has 0 atom stereocenters. The van der Waals surface area contributed by atoms with Crippen LogP contribution in [0.25, 0.3) is 11.0 Å². The van der Waals surface area contributed by atoms with E-state index in [9.17, 15) is 13.2 Å². The zero-order valence-electron chi connectivity index (χ0n) is 16.9. The third kappa shape index (κ3) is 4.96. The van der Waals surface area contributed by atoms with Gasteiger partial charge in [0.1, 0.15) is 5.58 Å². The fraction of sp³-hybridized carbons (Fsp3) is 0.318. The molecule has 2 heterocycles. The maximum Gasteiger partial charge on any atom is 0.336 e.